The van der Waals surface area contributed by atoms with Gasteiger partial charge >= 0.3 is 5.97 Å². The van der Waals surface area contributed by atoms with Crippen LogP contribution in [-0.2, 0) is 14.4 Å². The minimum absolute atomic E-state index is 0.0132. The van der Waals surface area contributed by atoms with Crippen molar-refractivity contribution < 1.29 is 19.5 Å². The number of carboxylic acids is 1. The van der Waals surface area contributed by atoms with Crippen LogP contribution in [-0.4, -0.2) is 36.5 Å². The van der Waals surface area contributed by atoms with E-state index in [1.165, 1.54) is 7.05 Å². The van der Waals surface area contributed by atoms with Gasteiger partial charge in [-0.15, -0.1) is 0 Å². The van der Waals surface area contributed by atoms with Crippen LogP contribution >= 0.6 is 0 Å². The highest BCUT2D eigenvalue weighted by Crippen LogP contribution is 2.48. The first-order valence-electron chi connectivity index (χ1n) is 5.94. The van der Waals surface area contributed by atoms with Gasteiger partial charge in [0, 0.05) is 7.05 Å². The summed E-state index contributed by atoms with van der Waals surface area (Å²) in [5, 5.41) is 14.1. The lowest BCUT2D eigenvalue weighted by Crippen LogP contribution is -2.43. The highest BCUT2D eigenvalue weighted by atomic mass is 16.4. The zero-order valence-electron chi connectivity index (χ0n) is 10.1. The zero-order valence-corrected chi connectivity index (χ0v) is 10.1. The molecule has 0 spiro atoms. The Labute approximate surface area is 104 Å². The van der Waals surface area contributed by atoms with Crippen LogP contribution < -0.4 is 10.6 Å². The Morgan fingerprint density at radius 2 is 1.83 bits per heavy atom. The number of carbonyl (C=O) groups is 3. The first-order valence-corrected chi connectivity index (χ1v) is 5.94. The van der Waals surface area contributed by atoms with Gasteiger partial charge in [0.15, 0.2) is 0 Å². The van der Waals surface area contributed by atoms with Gasteiger partial charge in [0.05, 0.1) is 18.4 Å². The molecule has 6 nitrogen and oxygen atoms in total. The van der Waals surface area contributed by atoms with Crippen molar-refractivity contribution >= 4 is 17.8 Å². The van der Waals surface area contributed by atoms with Crippen molar-refractivity contribution in [3.05, 3.63) is 12.2 Å². The van der Waals surface area contributed by atoms with E-state index in [1.54, 1.807) is 0 Å². The van der Waals surface area contributed by atoms with Crippen LogP contribution in [0.25, 0.3) is 0 Å². The van der Waals surface area contributed by atoms with Gasteiger partial charge in [-0.25, -0.2) is 0 Å². The summed E-state index contributed by atoms with van der Waals surface area (Å²) in [6, 6.07) is 0. The molecule has 4 atom stereocenters. The molecular weight excluding hydrogens is 236 g/mol. The molecule has 2 amide bonds. The van der Waals surface area contributed by atoms with Crippen LogP contribution in [0.3, 0.4) is 0 Å². The van der Waals surface area contributed by atoms with Crippen molar-refractivity contribution in [1.82, 2.24) is 10.6 Å². The maximum absolute atomic E-state index is 12.0. The maximum atomic E-state index is 12.0. The lowest BCUT2D eigenvalue weighted by Gasteiger charge is -2.23. The molecule has 1 saturated carbocycles. The summed E-state index contributed by atoms with van der Waals surface area (Å²) in [5.41, 5.74) is 0. The molecule has 1 fully saturated rings. The first-order chi connectivity index (χ1) is 8.54. The number of carboxylic acid groups (broad SMARTS) is 1. The second kappa shape index (κ2) is 4.80. The summed E-state index contributed by atoms with van der Waals surface area (Å²) in [6.07, 6.45) is 4.51. The van der Waals surface area contributed by atoms with Gasteiger partial charge in [-0.3, -0.25) is 14.4 Å². The van der Waals surface area contributed by atoms with Crippen LogP contribution in [0, 0.1) is 23.7 Å². The van der Waals surface area contributed by atoms with Crippen LogP contribution in [0.2, 0.25) is 0 Å². The van der Waals surface area contributed by atoms with Gasteiger partial charge in [-0.1, -0.05) is 12.2 Å². The lowest BCUT2D eigenvalue weighted by molar-refractivity contribution is -0.147. The number of allylic oxidation sites excluding steroid dienone is 2. The quantitative estimate of drug-likeness (QED) is 0.581. The van der Waals surface area contributed by atoms with Gasteiger partial charge in [0.2, 0.25) is 11.8 Å². The Morgan fingerprint density at radius 3 is 2.39 bits per heavy atom. The Balaban J connectivity index is 2.03. The Bertz CT molecular complexity index is 418. The predicted molar refractivity (Wildman–Crippen MR) is 62.4 cm³/mol. The van der Waals surface area contributed by atoms with Crippen molar-refractivity contribution in [3.63, 3.8) is 0 Å². The summed E-state index contributed by atoms with van der Waals surface area (Å²) in [6.45, 7) is -0.112. The fourth-order valence-corrected chi connectivity index (χ4v) is 2.89. The summed E-state index contributed by atoms with van der Waals surface area (Å²) in [7, 11) is 1.48. The van der Waals surface area contributed by atoms with E-state index in [1.807, 2.05) is 12.2 Å². The third-order valence-electron chi connectivity index (χ3n) is 3.75. The van der Waals surface area contributed by atoms with Crippen LogP contribution in [0.15, 0.2) is 12.2 Å². The van der Waals surface area contributed by atoms with Crippen molar-refractivity contribution in [3.8, 4) is 0 Å². The summed E-state index contributed by atoms with van der Waals surface area (Å²) >= 11 is 0. The molecule has 0 saturated heterocycles. The molecule has 2 aliphatic rings. The SMILES string of the molecule is CNC(=O)CNC(=O)C1C2C=CC(C2)C1C(=O)O. The summed E-state index contributed by atoms with van der Waals surface area (Å²) < 4.78 is 0. The van der Waals surface area contributed by atoms with Crippen molar-refractivity contribution in [2.45, 2.75) is 6.42 Å². The molecule has 2 bridgehead atoms. The van der Waals surface area contributed by atoms with E-state index in [2.05, 4.69) is 10.6 Å². The molecule has 0 aromatic heterocycles. The van der Waals surface area contributed by atoms with E-state index in [-0.39, 0.29) is 30.2 Å². The van der Waals surface area contributed by atoms with E-state index < -0.39 is 17.8 Å². The Hall–Kier alpha value is -1.85. The smallest absolute Gasteiger partial charge is 0.307 e. The molecule has 0 heterocycles. The van der Waals surface area contributed by atoms with Gasteiger partial charge in [-0.05, 0) is 18.3 Å². The average molecular weight is 252 g/mol. The number of fused-ring (bicyclic) bond motifs is 2. The summed E-state index contributed by atoms with van der Waals surface area (Å²) in [5.74, 6) is -2.86. The number of rotatable bonds is 4. The van der Waals surface area contributed by atoms with Gasteiger partial charge in [0.1, 0.15) is 0 Å². The van der Waals surface area contributed by atoms with Crippen molar-refractivity contribution in [1.29, 1.82) is 0 Å². The molecule has 0 aliphatic heterocycles. The number of hydrogen-bond donors (Lipinski definition) is 3. The Kier molecular flexibility index (Phi) is 3.36. The normalized spacial score (nSPS) is 32.3. The second-order valence-electron chi connectivity index (χ2n) is 4.73. The van der Waals surface area contributed by atoms with Crippen LogP contribution in [0.4, 0.5) is 0 Å². The molecule has 4 unspecified atom stereocenters. The molecule has 2 aliphatic carbocycles. The Morgan fingerprint density at radius 1 is 1.22 bits per heavy atom. The van der Waals surface area contributed by atoms with Crippen LogP contribution in [0.5, 0.6) is 0 Å². The molecule has 3 N–H and O–H groups in total. The largest absolute Gasteiger partial charge is 0.481 e. The van der Waals surface area contributed by atoms with E-state index in [0.29, 0.717) is 0 Å². The topological polar surface area (TPSA) is 95.5 Å². The van der Waals surface area contributed by atoms with Crippen molar-refractivity contribution in [2.75, 3.05) is 13.6 Å². The number of amides is 2. The van der Waals surface area contributed by atoms with E-state index in [9.17, 15) is 19.5 Å². The average Bonchev–Trinajstić information content (AvgIpc) is 2.95. The first kappa shape index (κ1) is 12.6. The number of nitrogens with one attached hydrogen (secondary N) is 2. The highest BCUT2D eigenvalue weighted by molar-refractivity contribution is 5.89. The molecule has 6 heteroatoms. The number of hydrogen-bond acceptors (Lipinski definition) is 3. The number of carbonyl (C=O) groups excluding carboxylic acids is 2. The van der Waals surface area contributed by atoms with Gasteiger partial charge < -0.3 is 15.7 Å². The van der Waals surface area contributed by atoms with E-state index in [0.717, 1.165) is 6.42 Å². The predicted octanol–water partition coefficient (Wildman–Crippen LogP) is -0.628. The minimum atomic E-state index is -0.938. The third-order valence-corrected chi connectivity index (χ3v) is 3.75. The zero-order chi connectivity index (χ0) is 13.3. The monoisotopic (exact) mass is 252 g/mol. The minimum Gasteiger partial charge on any atom is -0.481 e. The molecule has 0 aromatic carbocycles. The molecule has 18 heavy (non-hydrogen) atoms. The molecule has 2 rings (SSSR count). The standard InChI is InChI=1S/C12H16N2O4/c1-13-8(15)5-14-11(16)9-6-2-3-7(4-6)10(9)12(17)18/h2-3,6-7,9-10H,4-5H2,1H3,(H,13,15)(H,14,16)(H,17,18). The fraction of sp³-hybridized carbons (Fsp3) is 0.583. The van der Waals surface area contributed by atoms with Gasteiger partial charge in [0.25, 0.3) is 0 Å². The second-order valence-corrected chi connectivity index (χ2v) is 4.73. The van der Waals surface area contributed by atoms with Crippen molar-refractivity contribution in [2.24, 2.45) is 23.7 Å². The van der Waals surface area contributed by atoms with E-state index in [4.69, 9.17) is 0 Å². The highest BCUT2D eigenvalue weighted by Gasteiger charge is 2.51. The molecular formula is C12H16N2O4. The fourth-order valence-electron chi connectivity index (χ4n) is 2.89. The maximum Gasteiger partial charge on any atom is 0.307 e. The number of aliphatic carboxylic acids is 1. The molecule has 98 valence electrons. The third kappa shape index (κ3) is 2.10. The van der Waals surface area contributed by atoms with Crippen LogP contribution in [0.1, 0.15) is 6.42 Å². The molecule has 0 radical (unpaired) electrons. The lowest BCUT2D eigenvalue weighted by atomic mass is 9.82. The van der Waals surface area contributed by atoms with Gasteiger partial charge in [-0.2, -0.15) is 0 Å². The number of likely N-dealkylation sites (N-methyl/N-ethyl adjacent to an activating group) is 1. The van der Waals surface area contributed by atoms with E-state index >= 15 is 0 Å². The molecule has 0 aromatic rings. The summed E-state index contributed by atoms with van der Waals surface area (Å²) in [4.78, 5) is 34.2.